The second kappa shape index (κ2) is 7.09. The fourth-order valence-electron chi connectivity index (χ4n) is 3.41. The molecule has 0 aliphatic carbocycles. The van der Waals surface area contributed by atoms with Gasteiger partial charge in [0, 0.05) is 18.6 Å². The number of rotatable bonds is 6. The lowest BCUT2D eigenvalue weighted by atomic mass is 9.99. The molecule has 1 heterocycles. The number of likely N-dealkylation sites (tertiary alicyclic amines) is 1. The van der Waals surface area contributed by atoms with Gasteiger partial charge < -0.3 is 10.5 Å². The van der Waals surface area contributed by atoms with Crippen molar-refractivity contribution >= 4 is 0 Å². The normalized spacial score (nSPS) is 22.7. The number of benzene rings is 1. The van der Waals surface area contributed by atoms with Gasteiger partial charge in [-0.05, 0) is 49.9 Å². The summed E-state index contributed by atoms with van der Waals surface area (Å²) in [6.45, 7) is 6.74. The minimum atomic E-state index is 0.142. The van der Waals surface area contributed by atoms with E-state index in [1.807, 2.05) is 12.1 Å². The molecule has 0 amide bonds. The minimum Gasteiger partial charge on any atom is -0.497 e. The zero-order valence-electron chi connectivity index (χ0n) is 13.0. The molecule has 0 bridgehead atoms. The number of ether oxygens (including phenoxy) is 1. The van der Waals surface area contributed by atoms with Crippen molar-refractivity contribution < 1.29 is 4.74 Å². The van der Waals surface area contributed by atoms with Gasteiger partial charge in [0.15, 0.2) is 0 Å². The SMILES string of the molecule is CCCC1CCN(C(c2ccc(OC)cc2)C(C)N)C1. The topological polar surface area (TPSA) is 38.5 Å². The van der Waals surface area contributed by atoms with E-state index in [0.29, 0.717) is 6.04 Å². The molecule has 112 valence electrons. The standard InChI is InChI=1S/C17H28N2O/c1-4-5-14-10-11-19(12-14)17(13(2)18)15-6-8-16(20-3)9-7-15/h6-9,13-14,17H,4-5,10-12,18H2,1-3H3. The van der Waals surface area contributed by atoms with E-state index in [2.05, 4.69) is 30.9 Å². The molecule has 2 rings (SSSR count). The van der Waals surface area contributed by atoms with Gasteiger partial charge in [-0.15, -0.1) is 0 Å². The second-order valence-corrected chi connectivity index (χ2v) is 6.02. The quantitative estimate of drug-likeness (QED) is 0.867. The third-order valence-electron chi connectivity index (χ3n) is 4.36. The van der Waals surface area contributed by atoms with Gasteiger partial charge in [-0.3, -0.25) is 4.90 Å². The van der Waals surface area contributed by atoms with Crippen molar-refractivity contribution in [1.29, 1.82) is 0 Å². The number of methoxy groups -OCH3 is 1. The van der Waals surface area contributed by atoms with Crippen LogP contribution < -0.4 is 10.5 Å². The molecule has 3 atom stereocenters. The Morgan fingerprint density at radius 2 is 2.05 bits per heavy atom. The van der Waals surface area contributed by atoms with E-state index in [1.165, 1.54) is 37.9 Å². The van der Waals surface area contributed by atoms with Gasteiger partial charge >= 0.3 is 0 Å². The average Bonchev–Trinajstić information content (AvgIpc) is 2.88. The van der Waals surface area contributed by atoms with Crippen molar-refractivity contribution in [2.75, 3.05) is 20.2 Å². The van der Waals surface area contributed by atoms with Crippen LogP contribution in [-0.4, -0.2) is 31.1 Å². The molecule has 0 radical (unpaired) electrons. The monoisotopic (exact) mass is 276 g/mol. The maximum atomic E-state index is 6.27. The predicted octanol–water partition coefficient (Wildman–Crippen LogP) is 3.21. The Morgan fingerprint density at radius 3 is 2.60 bits per heavy atom. The number of hydrogen-bond acceptors (Lipinski definition) is 3. The van der Waals surface area contributed by atoms with Crippen LogP contribution in [0.3, 0.4) is 0 Å². The molecule has 3 unspecified atom stereocenters. The van der Waals surface area contributed by atoms with E-state index in [4.69, 9.17) is 10.5 Å². The highest BCUT2D eigenvalue weighted by Gasteiger charge is 2.30. The largest absolute Gasteiger partial charge is 0.497 e. The molecule has 1 aromatic rings. The molecule has 1 saturated heterocycles. The summed E-state index contributed by atoms with van der Waals surface area (Å²) < 4.78 is 5.24. The summed E-state index contributed by atoms with van der Waals surface area (Å²) in [4.78, 5) is 2.56. The molecule has 0 aromatic heterocycles. The van der Waals surface area contributed by atoms with Gasteiger partial charge in [-0.25, -0.2) is 0 Å². The molecule has 0 spiro atoms. The van der Waals surface area contributed by atoms with E-state index in [9.17, 15) is 0 Å². The summed E-state index contributed by atoms with van der Waals surface area (Å²) in [6.07, 6.45) is 3.93. The lowest BCUT2D eigenvalue weighted by Crippen LogP contribution is -2.38. The Balaban J connectivity index is 2.10. The first-order chi connectivity index (χ1) is 9.65. The van der Waals surface area contributed by atoms with Gasteiger partial charge in [0.2, 0.25) is 0 Å². The maximum absolute atomic E-state index is 6.27. The van der Waals surface area contributed by atoms with Gasteiger partial charge in [-0.1, -0.05) is 25.5 Å². The third-order valence-corrected chi connectivity index (χ3v) is 4.36. The van der Waals surface area contributed by atoms with Crippen LogP contribution in [-0.2, 0) is 0 Å². The second-order valence-electron chi connectivity index (χ2n) is 6.02. The fourth-order valence-corrected chi connectivity index (χ4v) is 3.41. The van der Waals surface area contributed by atoms with Crippen LogP contribution in [0.1, 0.15) is 44.7 Å². The molecule has 1 aromatic carbocycles. The first-order valence-electron chi connectivity index (χ1n) is 7.79. The van der Waals surface area contributed by atoms with Crippen molar-refractivity contribution in [3.05, 3.63) is 29.8 Å². The number of hydrogen-bond donors (Lipinski definition) is 1. The van der Waals surface area contributed by atoms with Crippen LogP contribution in [0.5, 0.6) is 5.75 Å². The van der Waals surface area contributed by atoms with Crippen LogP contribution >= 0.6 is 0 Å². The Labute approximate surface area is 123 Å². The van der Waals surface area contributed by atoms with Crippen molar-refractivity contribution in [3.8, 4) is 5.75 Å². The summed E-state index contributed by atoms with van der Waals surface area (Å²) in [5.41, 5.74) is 7.57. The smallest absolute Gasteiger partial charge is 0.118 e. The Hall–Kier alpha value is -1.06. The molecule has 1 fully saturated rings. The fraction of sp³-hybridized carbons (Fsp3) is 0.647. The molecular formula is C17H28N2O. The van der Waals surface area contributed by atoms with Crippen LogP contribution in [0.15, 0.2) is 24.3 Å². The molecule has 3 heteroatoms. The zero-order chi connectivity index (χ0) is 14.5. The van der Waals surface area contributed by atoms with E-state index in [-0.39, 0.29) is 6.04 Å². The average molecular weight is 276 g/mol. The Morgan fingerprint density at radius 1 is 1.35 bits per heavy atom. The highest BCUT2D eigenvalue weighted by Crippen LogP contribution is 2.32. The highest BCUT2D eigenvalue weighted by molar-refractivity contribution is 5.30. The minimum absolute atomic E-state index is 0.142. The van der Waals surface area contributed by atoms with Gasteiger partial charge in [0.1, 0.15) is 5.75 Å². The van der Waals surface area contributed by atoms with Gasteiger partial charge in [0.25, 0.3) is 0 Å². The van der Waals surface area contributed by atoms with E-state index in [1.54, 1.807) is 7.11 Å². The van der Waals surface area contributed by atoms with Crippen molar-refractivity contribution in [1.82, 2.24) is 4.90 Å². The lowest BCUT2D eigenvalue weighted by Gasteiger charge is -2.31. The molecule has 2 N–H and O–H groups in total. The summed E-state index contributed by atoms with van der Waals surface area (Å²) >= 11 is 0. The van der Waals surface area contributed by atoms with Gasteiger partial charge in [0.05, 0.1) is 7.11 Å². The molecule has 20 heavy (non-hydrogen) atoms. The van der Waals surface area contributed by atoms with E-state index in [0.717, 1.165) is 11.7 Å². The Bertz CT molecular complexity index is 402. The first-order valence-corrected chi connectivity index (χ1v) is 7.79. The third kappa shape index (κ3) is 3.53. The molecule has 1 aliphatic rings. The predicted molar refractivity (Wildman–Crippen MR) is 84.0 cm³/mol. The van der Waals surface area contributed by atoms with Crippen molar-refractivity contribution in [2.45, 2.75) is 45.2 Å². The molecular weight excluding hydrogens is 248 g/mol. The van der Waals surface area contributed by atoms with Crippen LogP contribution in [0.4, 0.5) is 0 Å². The van der Waals surface area contributed by atoms with Crippen LogP contribution in [0, 0.1) is 5.92 Å². The van der Waals surface area contributed by atoms with E-state index >= 15 is 0 Å². The maximum Gasteiger partial charge on any atom is 0.118 e. The number of nitrogens with two attached hydrogens (primary N) is 1. The van der Waals surface area contributed by atoms with Crippen LogP contribution in [0.25, 0.3) is 0 Å². The summed E-state index contributed by atoms with van der Waals surface area (Å²) in [6, 6.07) is 8.83. The van der Waals surface area contributed by atoms with Crippen molar-refractivity contribution in [3.63, 3.8) is 0 Å². The lowest BCUT2D eigenvalue weighted by molar-refractivity contribution is 0.209. The molecule has 3 nitrogen and oxygen atoms in total. The summed E-state index contributed by atoms with van der Waals surface area (Å²) in [5.74, 6) is 1.75. The molecule has 0 saturated carbocycles. The molecule has 1 aliphatic heterocycles. The highest BCUT2D eigenvalue weighted by atomic mass is 16.5. The van der Waals surface area contributed by atoms with Crippen LogP contribution in [0.2, 0.25) is 0 Å². The Kier molecular flexibility index (Phi) is 5.44. The first kappa shape index (κ1) is 15.3. The zero-order valence-corrected chi connectivity index (χ0v) is 13.0. The summed E-state index contributed by atoms with van der Waals surface area (Å²) in [7, 11) is 1.70. The van der Waals surface area contributed by atoms with Gasteiger partial charge in [-0.2, -0.15) is 0 Å². The summed E-state index contributed by atoms with van der Waals surface area (Å²) in [5, 5.41) is 0. The van der Waals surface area contributed by atoms with Crippen molar-refractivity contribution in [2.24, 2.45) is 11.7 Å². The van der Waals surface area contributed by atoms with E-state index < -0.39 is 0 Å². The number of nitrogens with zero attached hydrogens (tertiary/aromatic N) is 1.